The van der Waals surface area contributed by atoms with E-state index < -0.39 is 15.6 Å². The third kappa shape index (κ3) is 3.25. The van der Waals surface area contributed by atoms with Gasteiger partial charge in [-0.05, 0) is 41.2 Å². The Kier molecular flexibility index (Phi) is 3.94. The maximum absolute atomic E-state index is 11.9. The van der Waals surface area contributed by atoms with Gasteiger partial charge < -0.3 is 5.73 Å². The standard InChI is InChI=1S/C8H13BrN2O2S2/c1-8(2,5-10)11-15(12,13)7-6(9)3-4-14-7/h3-4,11H,5,10H2,1-2H3. The van der Waals surface area contributed by atoms with Crippen molar-refractivity contribution in [3.8, 4) is 0 Å². The molecule has 0 aliphatic rings. The summed E-state index contributed by atoms with van der Waals surface area (Å²) in [6.07, 6.45) is 0. The summed E-state index contributed by atoms with van der Waals surface area (Å²) in [4.78, 5) is 0. The predicted octanol–water partition coefficient (Wildman–Crippen LogP) is 1.53. The van der Waals surface area contributed by atoms with Crippen molar-refractivity contribution < 1.29 is 8.42 Å². The van der Waals surface area contributed by atoms with Crippen LogP contribution >= 0.6 is 27.3 Å². The average molecular weight is 313 g/mol. The molecular weight excluding hydrogens is 300 g/mol. The lowest BCUT2D eigenvalue weighted by Gasteiger charge is -2.23. The van der Waals surface area contributed by atoms with Crippen molar-refractivity contribution >= 4 is 37.3 Å². The molecule has 0 radical (unpaired) electrons. The Bertz CT molecular complexity index is 439. The van der Waals surface area contributed by atoms with E-state index in [1.54, 1.807) is 25.3 Å². The molecule has 15 heavy (non-hydrogen) atoms. The second-order valence-corrected chi connectivity index (χ2v) is 7.40. The Morgan fingerprint density at radius 2 is 2.20 bits per heavy atom. The van der Waals surface area contributed by atoms with Crippen LogP contribution in [0.25, 0.3) is 0 Å². The molecule has 0 aromatic carbocycles. The molecule has 1 aromatic rings. The number of halogens is 1. The highest BCUT2D eigenvalue weighted by Gasteiger charge is 2.27. The van der Waals surface area contributed by atoms with Gasteiger partial charge in [0.1, 0.15) is 4.21 Å². The molecule has 0 saturated heterocycles. The molecule has 0 spiro atoms. The first kappa shape index (κ1) is 13.1. The molecule has 4 nitrogen and oxygen atoms in total. The zero-order valence-electron chi connectivity index (χ0n) is 8.45. The van der Waals surface area contributed by atoms with Gasteiger partial charge in [0.25, 0.3) is 10.0 Å². The fourth-order valence-electron chi connectivity index (χ4n) is 0.923. The van der Waals surface area contributed by atoms with Crippen LogP contribution in [0.15, 0.2) is 20.1 Å². The highest BCUT2D eigenvalue weighted by Crippen LogP contribution is 2.28. The van der Waals surface area contributed by atoms with Gasteiger partial charge in [-0.2, -0.15) is 0 Å². The lowest BCUT2D eigenvalue weighted by atomic mass is 10.1. The maximum Gasteiger partial charge on any atom is 0.251 e. The van der Waals surface area contributed by atoms with Crippen LogP contribution in [0, 0.1) is 0 Å². The Morgan fingerprint density at radius 3 is 2.60 bits per heavy atom. The molecule has 0 unspecified atom stereocenters. The van der Waals surface area contributed by atoms with Crippen molar-refractivity contribution in [2.75, 3.05) is 6.54 Å². The van der Waals surface area contributed by atoms with Crippen molar-refractivity contribution in [2.45, 2.75) is 23.6 Å². The van der Waals surface area contributed by atoms with E-state index in [0.29, 0.717) is 4.47 Å². The van der Waals surface area contributed by atoms with Crippen molar-refractivity contribution in [3.63, 3.8) is 0 Å². The molecule has 0 atom stereocenters. The molecule has 1 heterocycles. The van der Waals surface area contributed by atoms with Crippen molar-refractivity contribution in [1.29, 1.82) is 0 Å². The number of rotatable bonds is 4. The minimum absolute atomic E-state index is 0.245. The fraction of sp³-hybridized carbons (Fsp3) is 0.500. The van der Waals surface area contributed by atoms with Gasteiger partial charge in [0.15, 0.2) is 0 Å². The number of nitrogens with one attached hydrogen (secondary N) is 1. The van der Waals surface area contributed by atoms with Gasteiger partial charge in [-0.3, -0.25) is 0 Å². The van der Waals surface area contributed by atoms with E-state index in [1.807, 2.05) is 0 Å². The number of thiophene rings is 1. The Hall–Kier alpha value is 0.0500. The molecule has 0 aliphatic carbocycles. The second kappa shape index (κ2) is 4.50. The van der Waals surface area contributed by atoms with E-state index in [0.717, 1.165) is 0 Å². The molecule has 1 aromatic heterocycles. The summed E-state index contributed by atoms with van der Waals surface area (Å²) in [5.41, 5.74) is 4.83. The van der Waals surface area contributed by atoms with Crippen LogP contribution in [0.1, 0.15) is 13.8 Å². The first-order valence-electron chi connectivity index (χ1n) is 4.25. The van der Waals surface area contributed by atoms with E-state index >= 15 is 0 Å². The summed E-state index contributed by atoms with van der Waals surface area (Å²) in [5.74, 6) is 0. The Balaban J connectivity index is 3.01. The van der Waals surface area contributed by atoms with E-state index in [2.05, 4.69) is 20.7 Å². The smallest absolute Gasteiger partial charge is 0.251 e. The molecule has 0 bridgehead atoms. The molecule has 0 amide bonds. The summed E-state index contributed by atoms with van der Waals surface area (Å²) < 4.78 is 27.2. The first-order valence-corrected chi connectivity index (χ1v) is 7.41. The van der Waals surface area contributed by atoms with Gasteiger partial charge in [-0.1, -0.05) is 0 Å². The molecule has 3 N–H and O–H groups in total. The molecule has 0 saturated carbocycles. The Morgan fingerprint density at radius 1 is 1.60 bits per heavy atom. The number of nitrogens with two attached hydrogens (primary N) is 1. The van der Waals surface area contributed by atoms with Gasteiger partial charge in [-0.25, -0.2) is 13.1 Å². The van der Waals surface area contributed by atoms with E-state index in [9.17, 15) is 8.42 Å². The molecule has 0 fully saturated rings. The Labute approximate surface area is 102 Å². The van der Waals surface area contributed by atoms with Crippen LogP contribution in [-0.2, 0) is 10.0 Å². The zero-order chi connectivity index (χ0) is 11.7. The molecule has 86 valence electrons. The zero-order valence-corrected chi connectivity index (χ0v) is 11.7. The van der Waals surface area contributed by atoms with Crippen LogP contribution in [0.2, 0.25) is 0 Å². The highest BCUT2D eigenvalue weighted by molar-refractivity contribution is 9.10. The largest absolute Gasteiger partial charge is 0.329 e. The quantitative estimate of drug-likeness (QED) is 0.885. The lowest BCUT2D eigenvalue weighted by Crippen LogP contribution is -2.48. The average Bonchev–Trinajstić information content (AvgIpc) is 2.50. The van der Waals surface area contributed by atoms with Gasteiger partial charge in [0.05, 0.1) is 0 Å². The number of sulfonamides is 1. The highest BCUT2D eigenvalue weighted by atomic mass is 79.9. The van der Waals surface area contributed by atoms with Crippen LogP contribution in [0.3, 0.4) is 0 Å². The summed E-state index contributed by atoms with van der Waals surface area (Å²) in [6, 6.07) is 1.70. The second-order valence-electron chi connectivity index (χ2n) is 3.75. The van der Waals surface area contributed by atoms with Crippen molar-refractivity contribution in [1.82, 2.24) is 4.72 Å². The monoisotopic (exact) mass is 312 g/mol. The molecule has 7 heteroatoms. The number of hydrogen-bond acceptors (Lipinski definition) is 4. The summed E-state index contributed by atoms with van der Waals surface area (Å²) in [5, 5.41) is 1.72. The third-order valence-corrected chi connectivity index (χ3v) is 6.12. The van der Waals surface area contributed by atoms with E-state index in [-0.39, 0.29) is 10.8 Å². The molecule has 0 aliphatic heterocycles. The van der Waals surface area contributed by atoms with Gasteiger partial charge in [-0.15, -0.1) is 11.3 Å². The summed E-state index contributed by atoms with van der Waals surface area (Å²) in [7, 11) is -3.48. The van der Waals surface area contributed by atoms with Crippen molar-refractivity contribution in [3.05, 3.63) is 15.9 Å². The summed E-state index contributed by atoms with van der Waals surface area (Å²) in [6.45, 7) is 3.73. The first-order chi connectivity index (χ1) is 6.78. The van der Waals surface area contributed by atoms with Gasteiger partial charge in [0, 0.05) is 16.6 Å². The van der Waals surface area contributed by atoms with Crippen LogP contribution in [-0.4, -0.2) is 20.5 Å². The fourth-order valence-corrected chi connectivity index (χ4v) is 4.69. The number of hydrogen-bond donors (Lipinski definition) is 2. The lowest BCUT2D eigenvalue weighted by molar-refractivity contribution is 0.463. The molecule has 1 rings (SSSR count). The van der Waals surface area contributed by atoms with Crippen molar-refractivity contribution in [2.24, 2.45) is 5.73 Å². The third-order valence-electron chi connectivity index (χ3n) is 1.75. The van der Waals surface area contributed by atoms with Crippen LogP contribution in [0.4, 0.5) is 0 Å². The normalized spacial score (nSPS) is 13.1. The summed E-state index contributed by atoms with van der Waals surface area (Å²) >= 11 is 4.36. The van der Waals surface area contributed by atoms with E-state index in [4.69, 9.17) is 5.73 Å². The van der Waals surface area contributed by atoms with E-state index in [1.165, 1.54) is 11.3 Å². The topological polar surface area (TPSA) is 72.2 Å². The van der Waals surface area contributed by atoms with Crippen LogP contribution in [0.5, 0.6) is 0 Å². The van der Waals surface area contributed by atoms with Crippen LogP contribution < -0.4 is 10.5 Å². The van der Waals surface area contributed by atoms with Gasteiger partial charge >= 0.3 is 0 Å². The SMILES string of the molecule is CC(C)(CN)NS(=O)(=O)c1sccc1Br. The maximum atomic E-state index is 11.9. The van der Waals surface area contributed by atoms with Gasteiger partial charge in [0.2, 0.25) is 0 Å². The predicted molar refractivity (Wildman–Crippen MR) is 65.5 cm³/mol. The minimum Gasteiger partial charge on any atom is -0.329 e. The molecular formula is C8H13BrN2O2S2. The minimum atomic E-state index is -3.48.